The summed E-state index contributed by atoms with van der Waals surface area (Å²) in [5, 5.41) is 9.14. The van der Waals surface area contributed by atoms with Crippen LogP contribution in [0.1, 0.15) is 56.3 Å². The smallest absolute Gasteiger partial charge is 0.336 e. The first-order chi connectivity index (χ1) is 9.99. The van der Waals surface area contributed by atoms with Gasteiger partial charge < -0.3 is 10.0 Å². The normalized spacial score (nSPS) is 15.6. The zero-order chi connectivity index (χ0) is 15.4. The van der Waals surface area contributed by atoms with Gasteiger partial charge in [0.25, 0.3) is 0 Å². The molecule has 3 nitrogen and oxygen atoms in total. The average molecular weight is 354 g/mol. The highest BCUT2D eigenvalue weighted by atomic mass is 79.9. The first kappa shape index (κ1) is 16.3. The van der Waals surface area contributed by atoms with Crippen LogP contribution < -0.4 is 4.90 Å². The quantitative estimate of drug-likeness (QED) is 0.786. The average Bonchev–Trinajstić information content (AvgIpc) is 2.92. The lowest BCUT2D eigenvalue weighted by molar-refractivity contribution is 0.0696. The molecule has 1 aliphatic carbocycles. The lowest BCUT2D eigenvalue weighted by Crippen LogP contribution is -2.34. The largest absolute Gasteiger partial charge is 0.478 e. The molecule has 0 spiro atoms. The van der Waals surface area contributed by atoms with Crippen LogP contribution in [0, 0.1) is 5.92 Å². The topological polar surface area (TPSA) is 40.5 Å². The van der Waals surface area contributed by atoms with Gasteiger partial charge in [0.2, 0.25) is 0 Å². The van der Waals surface area contributed by atoms with Crippen molar-refractivity contribution in [2.24, 2.45) is 5.92 Å². The highest BCUT2D eigenvalue weighted by molar-refractivity contribution is 9.10. The number of halogens is 1. The molecular weight excluding hydrogens is 330 g/mol. The molecule has 0 aliphatic heterocycles. The van der Waals surface area contributed by atoms with Crippen LogP contribution in [0.15, 0.2) is 22.7 Å². The summed E-state index contributed by atoms with van der Waals surface area (Å²) in [7, 11) is 0. The van der Waals surface area contributed by atoms with Crippen molar-refractivity contribution in [3.63, 3.8) is 0 Å². The Morgan fingerprint density at radius 1 is 1.38 bits per heavy atom. The molecule has 0 saturated heterocycles. The van der Waals surface area contributed by atoms with Gasteiger partial charge in [0, 0.05) is 22.7 Å². The van der Waals surface area contributed by atoms with Gasteiger partial charge in [-0.05, 0) is 59.3 Å². The first-order valence-electron chi connectivity index (χ1n) is 7.78. The fourth-order valence-corrected chi connectivity index (χ4v) is 3.53. The number of carbonyl (C=O) groups is 1. The Morgan fingerprint density at radius 2 is 2.05 bits per heavy atom. The minimum absolute atomic E-state index is 0.328. The van der Waals surface area contributed by atoms with Crippen LogP contribution in [-0.2, 0) is 0 Å². The Kier molecular flexibility index (Phi) is 5.68. The fourth-order valence-electron chi connectivity index (χ4n) is 2.99. The molecule has 1 aromatic rings. The van der Waals surface area contributed by atoms with Crippen molar-refractivity contribution in [3.8, 4) is 0 Å². The Hall–Kier alpha value is -1.03. The molecule has 2 rings (SSSR count). The minimum atomic E-state index is -0.886. The Balaban J connectivity index is 2.22. The summed E-state index contributed by atoms with van der Waals surface area (Å²) < 4.78 is 0.667. The van der Waals surface area contributed by atoms with E-state index >= 15 is 0 Å². The molecule has 116 valence electrons. The van der Waals surface area contributed by atoms with Crippen LogP contribution in [0.3, 0.4) is 0 Å². The van der Waals surface area contributed by atoms with E-state index in [9.17, 15) is 4.79 Å². The number of nitrogens with zero attached hydrogens (tertiary/aromatic N) is 1. The molecule has 0 atom stereocenters. The molecule has 1 saturated carbocycles. The monoisotopic (exact) mass is 353 g/mol. The number of benzene rings is 1. The van der Waals surface area contributed by atoms with E-state index in [0.717, 1.165) is 18.7 Å². The van der Waals surface area contributed by atoms with Gasteiger partial charge in [-0.15, -0.1) is 0 Å². The van der Waals surface area contributed by atoms with Gasteiger partial charge in [-0.1, -0.05) is 26.7 Å². The van der Waals surface area contributed by atoms with Gasteiger partial charge in [-0.3, -0.25) is 0 Å². The molecule has 0 bridgehead atoms. The number of rotatable bonds is 6. The third-order valence-electron chi connectivity index (χ3n) is 4.23. The lowest BCUT2D eigenvalue weighted by Gasteiger charge is -2.32. The van der Waals surface area contributed by atoms with Crippen LogP contribution in [0.4, 0.5) is 5.69 Å². The second-order valence-electron chi connectivity index (χ2n) is 6.28. The summed E-state index contributed by atoms with van der Waals surface area (Å²) in [6, 6.07) is 6.22. The number of anilines is 1. The predicted molar refractivity (Wildman–Crippen MR) is 90.2 cm³/mol. The molecular formula is C17H24BrNO2. The van der Waals surface area contributed by atoms with Gasteiger partial charge in [0.1, 0.15) is 0 Å². The van der Waals surface area contributed by atoms with E-state index in [1.165, 1.54) is 25.7 Å². The van der Waals surface area contributed by atoms with Crippen LogP contribution in [0.25, 0.3) is 0 Å². The second kappa shape index (κ2) is 7.30. The first-order valence-corrected chi connectivity index (χ1v) is 8.58. The highest BCUT2D eigenvalue weighted by Crippen LogP contribution is 2.31. The van der Waals surface area contributed by atoms with Crippen molar-refractivity contribution in [2.45, 2.75) is 52.0 Å². The van der Waals surface area contributed by atoms with Crippen molar-refractivity contribution < 1.29 is 9.90 Å². The third kappa shape index (κ3) is 4.22. The molecule has 0 aromatic heterocycles. The maximum absolute atomic E-state index is 11.1. The zero-order valence-electron chi connectivity index (χ0n) is 12.8. The van der Waals surface area contributed by atoms with Crippen molar-refractivity contribution in [3.05, 3.63) is 28.2 Å². The van der Waals surface area contributed by atoms with Crippen molar-refractivity contribution in [1.29, 1.82) is 0 Å². The van der Waals surface area contributed by atoms with E-state index in [1.807, 2.05) is 12.1 Å². The summed E-state index contributed by atoms with van der Waals surface area (Å²) in [5.41, 5.74) is 1.47. The van der Waals surface area contributed by atoms with Crippen LogP contribution in [0.2, 0.25) is 0 Å². The zero-order valence-corrected chi connectivity index (χ0v) is 14.4. The van der Waals surface area contributed by atoms with E-state index in [-0.39, 0.29) is 0 Å². The van der Waals surface area contributed by atoms with Crippen molar-refractivity contribution in [1.82, 2.24) is 0 Å². The van der Waals surface area contributed by atoms with Gasteiger partial charge in [0.05, 0.1) is 5.56 Å². The Bertz CT molecular complexity index is 496. The Labute approximate surface area is 135 Å². The highest BCUT2D eigenvalue weighted by Gasteiger charge is 2.23. The molecule has 0 amide bonds. The van der Waals surface area contributed by atoms with Crippen LogP contribution in [0.5, 0.6) is 0 Å². The number of aromatic carboxylic acids is 1. The molecule has 4 heteroatoms. The van der Waals surface area contributed by atoms with Gasteiger partial charge in [0.15, 0.2) is 0 Å². The fraction of sp³-hybridized carbons (Fsp3) is 0.588. The molecule has 21 heavy (non-hydrogen) atoms. The molecule has 1 fully saturated rings. The van der Waals surface area contributed by atoms with Crippen molar-refractivity contribution >= 4 is 27.6 Å². The van der Waals surface area contributed by atoms with Crippen LogP contribution in [-0.4, -0.2) is 23.7 Å². The third-order valence-corrected chi connectivity index (χ3v) is 4.88. The molecule has 0 radical (unpaired) electrons. The van der Waals surface area contributed by atoms with E-state index in [1.54, 1.807) is 6.07 Å². The van der Waals surface area contributed by atoms with Crippen LogP contribution >= 0.6 is 15.9 Å². The summed E-state index contributed by atoms with van der Waals surface area (Å²) in [4.78, 5) is 13.6. The van der Waals surface area contributed by atoms with Crippen molar-refractivity contribution in [2.75, 3.05) is 11.4 Å². The summed E-state index contributed by atoms with van der Waals surface area (Å²) in [6.45, 7) is 5.54. The second-order valence-corrected chi connectivity index (χ2v) is 7.14. The summed E-state index contributed by atoms with van der Waals surface area (Å²) >= 11 is 3.40. The lowest BCUT2D eigenvalue weighted by atomic mass is 10.1. The number of carboxylic acids is 1. The molecule has 1 N–H and O–H groups in total. The minimum Gasteiger partial charge on any atom is -0.478 e. The van der Waals surface area contributed by atoms with Gasteiger partial charge in [-0.2, -0.15) is 0 Å². The maximum Gasteiger partial charge on any atom is 0.336 e. The maximum atomic E-state index is 11.1. The van der Waals surface area contributed by atoms with E-state index in [2.05, 4.69) is 34.7 Å². The standard InChI is InChI=1S/C17H24BrNO2/c1-12(2)9-10-19(13-5-3-4-6-13)14-7-8-15(17(20)21)16(18)11-14/h7-8,11-13H,3-6,9-10H2,1-2H3,(H,20,21). The number of hydrogen-bond donors (Lipinski definition) is 1. The summed E-state index contributed by atoms with van der Waals surface area (Å²) in [6.07, 6.45) is 6.26. The van der Waals surface area contributed by atoms with E-state index < -0.39 is 5.97 Å². The number of hydrogen-bond acceptors (Lipinski definition) is 2. The van der Waals surface area contributed by atoms with E-state index in [0.29, 0.717) is 22.0 Å². The molecule has 0 unspecified atom stereocenters. The Morgan fingerprint density at radius 3 is 2.57 bits per heavy atom. The molecule has 1 aliphatic rings. The predicted octanol–water partition coefficient (Wildman–Crippen LogP) is 4.94. The summed E-state index contributed by atoms with van der Waals surface area (Å²) in [5.74, 6) is -0.210. The molecule has 0 heterocycles. The SMILES string of the molecule is CC(C)CCN(c1ccc(C(=O)O)c(Br)c1)C1CCCC1. The number of carboxylic acid groups (broad SMARTS) is 1. The molecule has 1 aromatic carbocycles. The van der Waals surface area contributed by atoms with E-state index in [4.69, 9.17) is 5.11 Å². The van der Waals surface area contributed by atoms with Gasteiger partial charge in [-0.25, -0.2) is 4.79 Å². The van der Waals surface area contributed by atoms with Gasteiger partial charge >= 0.3 is 5.97 Å².